The lowest BCUT2D eigenvalue weighted by atomic mass is 9.93. The number of carbonyl (C=O) groups excluding carboxylic acids is 2. The van der Waals surface area contributed by atoms with Crippen molar-refractivity contribution in [3.8, 4) is 0 Å². The first kappa shape index (κ1) is 19.2. The Morgan fingerprint density at radius 1 is 1.19 bits per heavy atom. The standard InChI is InChI=1S/C17H13F4N3O2S/c1-16(9-10-6-7-22-13(18)8-10)14(25)24(15(26)23-16)11-2-4-12(5-3-11)27-17(19,20)21/h2-8H,9H2,1H3,(H,23,26). The van der Waals surface area contributed by atoms with Crippen molar-refractivity contribution in [1.29, 1.82) is 0 Å². The summed E-state index contributed by atoms with van der Waals surface area (Å²) in [7, 11) is 0. The highest BCUT2D eigenvalue weighted by Crippen LogP contribution is 2.38. The number of alkyl halides is 3. The number of nitrogens with zero attached hydrogens (tertiary/aromatic N) is 2. The molecule has 10 heteroatoms. The van der Waals surface area contributed by atoms with Crippen molar-refractivity contribution >= 4 is 29.4 Å². The van der Waals surface area contributed by atoms with Crippen LogP contribution in [0.25, 0.3) is 0 Å². The molecule has 5 nitrogen and oxygen atoms in total. The number of pyridine rings is 1. The predicted octanol–water partition coefficient (Wildman–Crippen LogP) is 3.89. The minimum absolute atomic E-state index is 0.0372. The third-order valence-corrected chi connectivity index (χ3v) is 4.68. The number of amides is 3. The number of halogens is 4. The van der Waals surface area contributed by atoms with Crippen molar-refractivity contribution in [2.75, 3.05) is 4.90 Å². The van der Waals surface area contributed by atoms with Crippen LogP contribution in [0, 0.1) is 5.95 Å². The first-order chi connectivity index (χ1) is 12.6. The minimum atomic E-state index is -4.43. The Bertz CT molecular complexity index is 888. The van der Waals surface area contributed by atoms with E-state index in [-0.39, 0.29) is 28.8 Å². The largest absolute Gasteiger partial charge is 0.446 e. The molecule has 0 saturated carbocycles. The van der Waals surface area contributed by atoms with Gasteiger partial charge < -0.3 is 5.32 Å². The fourth-order valence-corrected chi connectivity index (χ4v) is 3.34. The van der Waals surface area contributed by atoms with Gasteiger partial charge in [0.25, 0.3) is 5.91 Å². The molecule has 3 rings (SSSR count). The van der Waals surface area contributed by atoms with Gasteiger partial charge >= 0.3 is 11.5 Å². The van der Waals surface area contributed by atoms with E-state index < -0.39 is 28.9 Å². The molecule has 0 aliphatic carbocycles. The molecule has 1 N–H and O–H groups in total. The lowest BCUT2D eigenvalue weighted by Gasteiger charge is -2.21. The number of hydrogen-bond acceptors (Lipinski definition) is 4. The molecule has 0 bridgehead atoms. The molecule has 2 aromatic rings. The highest BCUT2D eigenvalue weighted by Gasteiger charge is 2.48. The van der Waals surface area contributed by atoms with Crippen LogP contribution in [0.4, 0.5) is 28.0 Å². The maximum Gasteiger partial charge on any atom is 0.446 e. The average Bonchev–Trinajstić information content (AvgIpc) is 2.76. The molecule has 1 unspecified atom stereocenters. The van der Waals surface area contributed by atoms with Crippen LogP contribution in [0.1, 0.15) is 12.5 Å². The van der Waals surface area contributed by atoms with Crippen molar-refractivity contribution < 1.29 is 27.2 Å². The van der Waals surface area contributed by atoms with Gasteiger partial charge in [-0.3, -0.25) is 4.79 Å². The maximum absolute atomic E-state index is 13.3. The van der Waals surface area contributed by atoms with Crippen molar-refractivity contribution in [3.63, 3.8) is 0 Å². The van der Waals surface area contributed by atoms with E-state index in [1.165, 1.54) is 43.5 Å². The topological polar surface area (TPSA) is 62.3 Å². The summed E-state index contributed by atoms with van der Waals surface area (Å²) in [5.41, 5.74) is -5.13. The molecule has 1 aromatic heterocycles. The number of thioether (sulfide) groups is 1. The number of benzene rings is 1. The number of imide groups is 1. The monoisotopic (exact) mass is 399 g/mol. The number of nitrogens with one attached hydrogen (secondary N) is 1. The number of anilines is 1. The summed E-state index contributed by atoms with van der Waals surface area (Å²) in [5, 5.41) is 2.56. The number of aromatic nitrogens is 1. The highest BCUT2D eigenvalue weighted by atomic mass is 32.2. The summed E-state index contributed by atoms with van der Waals surface area (Å²) in [6.45, 7) is 1.50. The van der Waals surface area contributed by atoms with Gasteiger partial charge in [-0.2, -0.15) is 17.6 Å². The average molecular weight is 399 g/mol. The number of hydrogen-bond donors (Lipinski definition) is 1. The molecule has 2 heterocycles. The van der Waals surface area contributed by atoms with Crippen molar-refractivity contribution in [2.24, 2.45) is 0 Å². The van der Waals surface area contributed by atoms with Crippen LogP contribution in [-0.2, 0) is 11.2 Å². The predicted molar refractivity (Wildman–Crippen MR) is 90.7 cm³/mol. The molecular weight excluding hydrogens is 386 g/mol. The maximum atomic E-state index is 13.3. The molecule has 142 valence electrons. The summed E-state index contributed by atoms with van der Waals surface area (Å²) in [5.74, 6) is -1.29. The zero-order valence-corrected chi connectivity index (χ0v) is 14.7. The van der Waals surface area contributed by atoms with E-state index in [2.05, 4.69) is 10.3 Å². The van der Waals surface area contributed by atoms with Gasteiger partial charge in [0.05, 0.1) is 5.69 Å². The molecule has 0 spiro atoms. The third kappa shape index (κ3) is 4.21. The Labute approximate surface area is 155 Å². The van der Waals surface area contributed by atoms with E-state index >= 15 is 0 Å². The quantitative estimate of drug-likeness (QED) is 0.367. The fraction of sp³-hybridized carbons (Fsp3) is 0.235. The minimum Gasteiger partial charge on any atom is -0.323 e. The molecule has 1 aliphatic rings. The van der Waals surface area contributed by atoms with Gasteiger partial charge in [-0.25, -0.2) is 14.7 Å². The molecule has 1 aromatic carbocycles. The number of carbonyl (C=O) groups is 2. The first-order valence-electron chi connectivity index (χ1n) is 7.70. The van der Waals surface area contributed by atoms with Crippen LogP contribution in [-0.4, -0.2) is 28.0 Å². The second kappa shape index (κ2) is 6.84. The Hall–Kier alpha value is -2.62. The van der Waals surface area contributed by atoms with Crippen molar-refractivity contribution in [1.82, 2.24) is 10.3 Å². The molecular formula is C17H13F4N3O2S. The molecule has 27 heavy (non-hydrogen) atoms. The second-order valence-corrected chi connectivity index (χ2v) is 7.25. The molecule has 1 saturated heterocycles. The van der Waals surface area contributed by atoms with E-state index in [1.807, 2.05) is 0 Å². The van der Waals surface area contributed by atoms with E-state index in [1.54, 1.807) is 0 Å². The Kier molecular flexibility index (Phi) is 4.85. The number of rotatable bonds is 4. The fourth-order valence-electron chi connectivity index (χ4n) is 2.80. The summed E-state index contributed by atoms with van der Waals surface area (Å²) in [6.07, 6.45) is 1.29. The van der Waals surface area contributed by atoms with Crippen LogP contribution in [0.15, 0.2) is 47.5 Å². The van der Waals surface area contributed by atoms with Crippen LogP contribution >= 0.6 is 11.8 Å². The van der Waals surface area contributed by atoms with E-state index in [9.17, 15) is 27.2 Å². The highest BCUT2D eigenvalue weighted by molar-refractivity contribution is 8.00. The molecule has 1 fully saturated rings. The summed E-state index contributed by atoms with van der Waals surface area (Å²) in [6, 6.07) is 6.89. The van der Waals surface area contributed by atoms with Crippen LogP contribution in [0.5, 0.6) is 0 Å². The lowest BCUT2D eigenvalue weighted by Crippen LogP contribution is -2.46. The van der Waals surface area contributed by atoms with Gasteiger partial charge in [0, 0.05) is 17.5 Å². The smallest absolute Gasteiger partial charge is 0.323 e. The molecule has 3 amide bonds. The number of urea groups is 1. The lowest BCUT2D eigenvalue weighted by molar-refractivity contribution is -0.121. The zero-order valence-electron chi connectivity index (χ0n) is 13.9. The van der Waals surface area contributed by atoms with Crippen LogP contribution < -0.4 is 10.2 Å². The van der Waals surface area contributed by atoms with Crippen LogP contribution in [0.3, 0.4) is 0 Å². The second-order valence-electron chi connectivity index (χ2n) is 6.11. The molecule has 0 radical (unpaired) electrons. The van der Waals surface area contributed by atoms with Gasteiger partial charge in [0.15, 0.2) is 0 Å². The third-order valence-electron chi connectivity index (χ3n) is 3.94. The van der Waals surface area contributed by atoms with Gasteiger partial charge in [-0.05, 0) is 60.6 Å². The Morgan fingerprint density at radius 3 is 2.44 bits per heavy atom. The molecule has 1 aliphatic heterocycles. The van der Waals surface area contributed by atoms with Gasteiger partial charge in [-0.1, -0.05) is 0 Å². The van der Waals surface area contributed by atoms with Crippen LogP contribution in [0.2, 0.25) is 0 Å². The molecule has 1 atom stereocenters. The Morgan fingerprint density at radius 2 is 1.85 bits per heavy atom. The van der Waals surface area contributed by atoms with Gasteiger partial charge in [0.1, 0.15) is 5.54 Å². The van der Waals surface area contributed by atoms with Crippen molar-refractivity contribution in [3.05, 3.63) is 54.1 Å². The summed E-state index contributed by atoms with van der Waals surface area (Å²) in [4.78, 5) is 29.3. The van der Waals surface area contributed by atoms with E-state index in [0.717, 1.165) is 11.0 Å². The summed E-state index contributed by atoms with van der Waals surface area (Å²) >= 11 is -0.289. The van der Waals surface area contributed by atoms with Gasteiger partial charge in [0.2, 0.25) is 5.95 Å². The normalized spacial score (nSPS) is 20.1. The van der Waals surface area contributed by atoms with Crippen molar-refractivity contribution in [2.45, 2.75) is 29.3 Å². The van der Waals surface area contributed by atoms with E-state index in [0.29, 0.717) is 5.56 Å². The summed E-state index contributed by atoms with van der Waals surface area (Å²) < 4.78 is 50.5. The SMILES string of the molecule is CC1(Cc2ccnc(F)c2)NC(=O)N(c2ccc(SC(F)(F)F)cc2)C1=O. The first-order valence-corrected chi connectivity index (χ1v) is 8.52. The Balaban J connectivity index is 1.81. The van der Waals surface area contributed by atoms with E-state index in [4.69, 9.17) is 0 Å². The van der Waals surface area contributed by atoms with Gasteiger partial charge in [-0.15, -0.1) is 0 Å². The zero-order chi connectivity index (χ0) is 19.8.